The highest BCUT2D eigenvalue weighted by Gasteiger charge is 2.30. The summed E-state index contributed by atoms with van der Waals surface area (Å²) in [4.78, 5) is 0. The Morgan fingerprint density at radius 1 is 1.21 bits per heavy atom. The topological polar surface area (TPSA) is 35.2 Å². The van der Waals surface area contributed by atoms with E-state index in [0.717, 1.165) is 13.0 Å². The van der Waals surface area contributed by atoms with E-state index in [4.69, 9.17) is 10.5 Å². The maximum absolute atomic E-state index is 6.15. The molecular weight excluding hydrogens is 174 g/mol. The largest absolute Gasteiger partial charge is 0.376 e. The van der Waals surface area contributed by atoms with Crippen LogP contribution in [0.4, 0.5) is 0 Å². The summed E-state index contributed by atoms with van der Waals surface area (Å²) in [6.45, 7) is 11.6. The molecule has 2 nitrogen and oxygen atoms in total. The van der Waals surface area contributed by atoms with Gasteiger partial charge in [0.25, 0.3) is 0 Å². The lowest BCUT2D eigenvalue weighted by Crippen LogP contribution is -2.45. The molecule has 0 saturated heterocycles. The molecule has 0 heterocycles. The molecule has 2 heteroatoms. The van der Waals surface area contributed by atoms with Crippen molar-refractivity contribution in [2.75, 3.05) is 6.61 Å². The smallest absolute Gasteiger partial charge is 0.0773 e. The molecule has 0 aromatic carbocycles. The summed E-state index contributed by atoms with van der Waals surface area (Å²) in [6.07, 6.45) is 3.65. The standard InChI is InChI=1S/C12H27NO/c1-6-8-9-10(13)11(14-7-2)12(3,4)5/h10-11H,6-9,13H2,1-5H3. The third kappa shape index (κ3) is 4.97. The Bertz CT molecular complexity index is 140. The second-order valence-electron chi connectivity index (χ2n) is 5.05. The molecular formula is C12H27NO. The van der Waals surface area contributed by atoms with Crippen LogP contribution in [0.5, 0.6) is 0 Å². The van der Waals surface area contributed by atoms with Gasteiger partial charge in [0, 0.05) is 12.6 Å². The van der Waals surface area contributed by atoms with E-state index in [1.54, 1.807) is 0 Å². The quantitative estimate of drug-likeness (QED) is 0.717. The Kier molecular flexibility index (Phi) is 6.38. The SMILES string of the molecule is CCCCC(N)C(OCC)C(C)(C)C. The summed E-state index contributed by atoms with van der Waals surface area (Å²) < 4.78 is 5.74. The van der Waals surface area contributed by atoms with Gasteiger partial charge in [0.15, 0.2) is 0 Å². The first-order valence-corrected chi connectivity index (χ1v) is 5.80. The maximum atomic E-state index is 6.15. The molecule has 0 amide bonds. The summed E-state index contributed by atoms with van der Waals surface area (Å²) in [5, 5.41) is 0. The second kappa shape index (κ2) is 6.41. The number of hydrogen-bond acceptors (Lipinski definition) is 2. The van der Waals surface area contributed by atoms with E-state index >= 15 is 0 Å². The number of ether oxygens (including phenoxy) is 1. The van der Waals surface area contributed by atoms with Crippen LogP contribution in [0.1, 0.15) is 53.9 Å². The van der Waals surface area contributed by atoms with Crippen LogP contribution in [0.3, 0.4) is 0 Å². The zero-order valence-corrected chi connectivity index (χ0v) is 10.5. The molecule has 0 rings (SSSR count). The first kappa shape index (κ1) is 13.9. The number of hydrogen-bond donors (Lipinski definition) is 1. The number of rotatable bonds is 6. The van der Waals surface area contributed by atoms with E-state index in [0.29, 0.717) is 0 Å². The second-order valence-corrected chi connectivity index (χ2v) is 5.05. The lowest BCUT2D eigenvalue weighted by atomic mass is 9.83. The fraction of sp³-hybridized carbons (Fsp3) is 1.00. The van der Waals surface area contributed by atoms with Gasteiger partial charge in [-0.25, -0.2) is 0 Å². The minimum Gasteiger partial charge on any atom is -0.376 e. The molecule has 0 aliphatic heterocycles. The molecule has 0 aliphatic rings. The Morgan fingerprint density at radius 2 is 1.79 bits per heavy atom. The molecule has 0 bridgehead atoms. The third-order valence-electron chi connectivity index (χ3n) is 2.48. The van der Waals surface area contributed by atoms with Gasteiger partial charge in [0.2, 0.25) is 0 Å². The van der Waals surface area contributed by atoms with Crippen molar-refractivity contribution in [1.29, 1.82) is 0 Å². The molecule has 86 valence electrons. The van der Waals surface area contributed by atoms with Crippen LogP contribution >= 0.6 is 0 Å². The molecule has 0 aromatic rings. The predicted molar refractivity (Wildman–Crippen MR) is 62.4 cm³/mol. The summed E-state index contributed by atoms with van der Waals surface area (Å²) in [6, 6.07) is 0.176. The Labute approximate surface area is 89.2 Å². The van der Waals surface area contributed by atoms with Crippen LogP contribution in [-0.4, -0.2) is 18.8 Å². The summed E-state index contributed by atoms with van der Waals surface area (Å²) in [7, 11) is 0. The van der Waals surface area contributed by atoms with Gasteiger partial charge in [-0.3, -0.25) is 0 Å². The van der Waals surface area contributed by atoms with E-state index in [9.17, 15) is 0 Å². The summed E-state index contributed by atoms with van der Waals surface area (Å²) >= 11 is 0. The summed E-state index contributed by atoms with van der Waals surface area (Å²) in [5.74, 6) is 0. The van der Waals surface area contributed by atoms with Crippen LogP contribution in [0.15, 0.2) is 0 Å². The minimum absolute atomic E-state index is 0.142. The van der Waals surface area contributed by atoms with Crippen molar-refractivity contribution < 1.29 is 4.74 Å². The van der Waals surface area contributed by atoms with Gasteiger partial charge in [-0.1, -0.05) is 40.5 Å². The molecule has 0 radical (unpaired) electrons. The van der Waals surface area contributed by atoms with Gasteiger partial charge in [-0.05, 0) is 18.8 Å². The monoisotopic (exact) mass is 201 g/mol. The highest BCUT2D eigenvalue weighted by Crippen LogP contribution is 2.26. The van der Waals surface area contributed by atoms with Crippen LogP contribution in [0.25, 0.3) is 0 Å². The van der Waals surface area contributed by atoms with Crippen molar-refractivity contribution >= 4 is 0 Å². The van der Waals surface area contributed by atoms with E-state index in [-0.39, 0.29) is 17.6 Å². The molecule has 2 N–H and O–H groups in total. The first-order valence-electron chi connectivity index (χ1n) is 5.80. The zero-order chi connectivity index (χ0) is 11.2. The highest BCUT2D eigenvalue weighted by atomic mass is 16.5. The van der Waals surface area contributed by atoms with Crippen molar-refractivity contribution in [2.24, 2.45) is 11.1 Å². The van der Waals surface area contributed by atoms with Crippen molar-refractivity contribution in [3.63, 3.8) is 0 Å². The Morgan fingerprint density at radius 3 is 2.14 bits per heavy atom. The van der Waals surface area contributed by atoms with Crippen molar-refractivity contribution in [3.8, 4) is 0 Å². The first-order chi connectivity index (χ1) is 6.43. The fourth-order valence-electron chi connectivity index (χ4n) is 1.79. The predicted octanol–water partition coefficient (Wildman–Crippen LogP) is 2.96. The van der Waals surface area contributed by atoms with E-state index in [1.807, 2.05) is 6.92 Å². The van der Waals surface area contributed by atoms with Gasteiger partial charge in [0.1, 0.15) is 0 Å². The van der Waals surface area contributed by atoms with Crippen LogP contribution in [-0.2, 0) is 4.74 Å². The third-order valence-corrected chi connectivity index (χ3v) is 2.48. The van der Waals surface area contributed by atoms with E-state index in [1.165, 1.54) is 12.8 Å². The molecule has 0 aromatic heterocycles. The van der Waals surface area contributed by atoms with Crippen LogP contribution in [0, 0.1) is 5.41 Å². The number of unbranched alkanes of at least 4 members (excludes halogenated alkanes) is 1. The zero-order valence-electron chi connectivity index (χ0n) is 10.5. The molecule has 2 unspecified atom stereocenters. The highest BCUT2D eigenvalue weighted by molar-refractivity contribution is 4.83. The Hall–Kier alpha value is -0.0800. The van der Waals surface area contributed by atoms with Crippen molar-refractivity contribution in [3.05, 3.63) is 0 Å². The molecule has 14 heavy (non-hydrogen) atoms. The van der Waals surface area contributed by atoms with E-state index < -0.39 is 0 Å². The normalized spacial score (nSPS) is 16.7. The van der Waals surface area contributed by atoms with Crippen LogP contribution < -0.4 is 5.73 Å². The molecule has 0 fully saturated rings. The Balaban J connectivity index is 4.18. The maximum Gasteiger partial charge on any atom is 0.0773 e. The van der Waals surface area contributed by atoms with Gasteiger partial charge in [-0.15, -0.1) is 0 Å². The molecule has 0 saturated carbocycles. The van der Waals surface area contributed by atoms with Crippen molar-refractivity contribution in [2.45, 2.75) is 66.0 Å². The van der Waals surface area contributed by atoms with Gasteiger partial charge < -0.3 is 10.5 Å². The van der Waals surface area contributed by atoms with Crippen LogP contribution in [0.2, 0.25) is 0 Å². The average Bonchev–Trinajstić information content (AvgIpc) is 2.08. The fourth-order valence-corrected chi connectivity index (χ4v) is 1.79. The lowest BCUT2D eigenvalue weighted by molar-refractivity contribution is -0.0294. The summed E-state index contributed by atoms with van der Waals surface area (Å²) in [5.41, 5.74) is 6.29. The average molecular weight is 201 g/mol. The van der Waals surface area contributed by atoms with E-state index in [2.05, 4.69) is 27.7 Å². The number of nitrogens with two attached hydrogens (primary N) is 1. The van der Waals surface area contributed by atoms with Gasteiger partial charge in [0.05, 0.1) is 6.10 Å². The van der Waals surface area contributed by atoms with Gasteiger partial charge >= 0.3 is 0 Å². The van der Waals surface area contributed by atoms with Gasteiger partial charge in [-0.2, -0.15) is 0 Å². The molecule has 2 atom stereocenters. The lowest BCUT2D eigenvalue weighted by Gasteiger charge is -2.35. The molecule has 0 spiro atoms. The van der Waals surface area contributed by atoms with Crippen molar-refractivity contribution in [1.82, 2.24) is 0 Å². The minimum atomic E-state index is 0.142. The molecule has 0 aliphatic carbocycles.